The first-order chi connectivity index (χ1) is 8.84. The molecule has 0 amide bonds. The number of hydrogen-bond donors (Lipinski definition) is 2. The summed E-state index contributed by atoms with van der Waals surface area (Å²) in [6.45, 7) is 3.54. The van der Waals surface area contributed by atoms with Gasteiger partial charge in [0.15, 0.2) is 0 Å². The van der Waals surface area contributed by atoms with Gasteiger partial charge in [-0.3, -0.25) is 0 Å². The van der Waals surface area contributed by atoms with Crippen molar-refractivity contribution in [3.63, 3.8) is 0 Å². The quantitative estimate of drug-likeness (QED) is 0.872. The van der Waals surface area contributed by atoms with Gasteiger partial charge in [0.25, 0.3) is 0 Å². The van der Waals surface area contributed by atoms with Gasteiger partial charge in [-0.25, -0.2) is 0 Å². The Labute approximate surface area is 114 Å². The van der Waals surface area contributed by atoms with Gasteiger partial charge in [0, 0.05) is 23.0 Å². The normalized spacial score (nSPS) is 33.9. The molecule has 18 heavy (non-hydrogen) atoms. The van der Waals surface area contributed by atoms with Gasteiger partial charge in [-0.2, -0.15) is 0 Å². The van der Waals surface area contributed by atoms with Crippen LogP contribution in [0.3, 0.4) is 0 Å². The average molecular weight is 264 g/mol. The van der Waals surface area contributed by atoms with E-state index in [1.807, 2.05) is 11.3 Å². The van der Waals surface area contributed by atoms with Crippen LogP contribution < -0.4 is 10.6 Å². The summed E-state index contributed by atoms with van der Waals surface area (Å²) in [5.41, 5.74) is 0. The standard InChI is InChI=1S/C15H24N2S/c1-11(15-8-4-10-18-15)17-14-6-2-5-12(14)13-7-3-9-16-13/h4,8,10-14,16-17H,2-3,5-7,9H2,1H3/t11-,12?,13?,14?/m1/s1. The Kier molecular flexibility index (Phi) is 4.02. The smallest absolute Gasteiger partial charge is 0.0388 e. The van der Waals surface area contributed by atoms with Gasteiger partial charge >= 0.3 is 0 Å². The molecule has 0 radical (unpaired) electrons. The highest BCUT2D eigenvalue weighted by Gasteiger charge is 2.35. The monoisotopic (exact) mass is 264 g/mol. The second-order valence-corrected chi connectivity index (χ2v) is 6.79. The molecule has 1 aliphatic heterocycles. The molecule has 1 aliphatic carbocycles. The first kappa shape index (κ1) is 12.6. The van der Waals surface area contributed by atoms with Crippen molar-refractivity contribution in [3.8, 4) is 0 Å². The fraction of sp³-hybridized carbons (Fsp3) is 0.733. The fourth-order valence-corrected chi connectivity index (χ4v) is 4.44. The first-order valence-corrected chi connectivity index (χ1v) is 8.25. The zero-order chi connectivity index (χ0) is 12.4. The van der Waals surface area contributed by atoms with E-state index < -0.39 is 0 Å². The summed E-state index contributed by atoms with van der Waals surface area (Å²) < 4.78 is 0. The van der Waals surface area contributed by atoms with Crippen molar-refractivity contribution in [1.29, 1.82) is 0 Å². The van der Waals surface area contributed by atoms with Gasteiger partial charge in [-0.1, -0.05) is 12.5 Å². The minimum Gasteiger partial charge on any atom is -0.314 e. The van der Waals surface area contributed by atoms with Crippen LogP contribution in [0.25, 0.3) is 0 Å². The van der Waals surface area contributed by atoms with Crippen molar-refractivity contribution in [2.45, 2.75) is 57.2 Å². The molecular formula is C15H24N2S. The topological polar surface area (TPSA) is 24.1 Å². The predicted octanol–water partition coefficient (Wildman–Crippen LogP) is 3.32. The van der Waals surface area contributed by atoms with E-state index in [2.05, 4.69) is 35.1 Å². The van der Waals surface area contributed by atoms with E-state index in [-0.39, 0.29) is 0 Å². The maximum Gasteiger partial charge on any atom is 0.0388 e. The summed E-state index contributed by atoms with van der Waals surface area (Å²) in [6, 6.07) is 6.42. The van der Waals surface area contributed by atoms with E-state index >= 15 is 0 Å². The van der Waals surface area contributed by atoms with Crippen LogP contribution >= 0.6 is 11.3 Å². The minimum atomic E-state index is 0.511. The molecule has 1 aromatic heterocycles. The van der Waals surface area contributed by atoms with Crippen LogP contribution in [0.5, 0.6) is 0 Å². The minimum absolute atomic E-state index is 0.511. The van der Waals surface area contributed by atoms with E-state index in [9.17, 15) is 0 Å². The highest BCUT2D eigenvalue weighted by atomic mass is 32.1. The summed E-state index contributed by atoms with van der Waals surface area (Å²) in [6.07, 6.45) is 6.92. The van der Waals surface area contributed by atoms with Crippen LogP contribution in [0.4, 0.5) is 0 Å². The molecule has 0 spiro atoms. The number of hydrogen-bond acceptors (Lipinski definition) is 3. The van der Waals surface area contributed by atoms with E-state index in [0.29, 0.717) is 6.04 Å². The second kappa shape index (κ2) is 5.72. The molecule has 3 rings (SSSR count). The Bertz CT molecular complexity index is 357. The molecule has 3 heteroatoms. The van der Waals surface area contributed by atoms with Crippen LogP contribution in [0, 0.1) is 5.92 Å². The van der Waals surface area contributed by atoms with Gasteiger partial charge in [0.1, 0.15) is 0 Å². The Balaban J connectivity index is 1.60. The zero-order valence-corrected chi connectivity index (χ0v) is 12.0. The van der Waals surface area contributed by atoms with Crippen LogP contribution in [0.15, 0.2) is 17.5 Å². The molecule has 2 fully saturated rings. The zero-order valence-electron chi connectivity index (χ0n) is 11.2. The van der Waals surface area contributed by atoms with Crippen molar-refractivity contribution < 1.29 is 0 Å². The number of nitrogens with one attached hydrogen (secondary N) is 2. The second-order valence-electron chi connectivity index (χ2n) is 5.81. The van der Waals surface area contributed by atoms with Crippen molar-refractivity contribution in [1.82, 2.24) is 10.6 Å². The SMILES string of the molecule is C[C@@H](NC1CCCC1C1CCCN1)c1cccs1. The number of thiophene rings is 1. The summed E-state index contributed by atoms with van der Waals surface area (Å²) in [5.74, 6) is 0.856. The molecule has 2 heterocycles. The Morgan fingerprint density at radius 1 is 1.33 bits per heavy atom. The molecular weight excluding hydrogens is 240 g/mol. The molecule has 1 saturated heterocycles. The first-order valence-electron chi connectivity index (χ1n) is 7.37. The summed E-state index contributed by atoms with van der Waals surface area (Å²) in [5, 5.41) is 9.76. The molecule has 3 unspecified atom stereocenters. The van der Waals surface area contributed by atoms with Gasteiger partial charge in [0.05, 0.1) is 0 Å². The van der Waals surface area contributed by atoms with Crippen LogP contribution in [-0.2, 0) is 0 Å². The molecule has 1 aromatic rings. The predicted molar refractivity (Wildman–Crippen MR) is 78.0 cm³/mol. The van der Waals surface area contributed by atoms with Gasteiger partial charge in [-0.15, -0.1) is 11.3 Å². The average Bonchev–Trinajstić information content (AvgIpc) is 3.11. The summed E-state index contributed by atoms with van der Waals surface area (Å²) >= 11 is 1.87. The third-order valence-electron chi connectivity index (χ3n) is 4.62. The summed E-state index contributed by atoms with van der Waals surface area (Å²) in [7, 11) is 0. The lowest BCUT2D eigenvalue weighted by Crippen LogP contribution is -2.42. The van der Waals surface area contributed by atoms with Crippen molar-refractivity contribution in [2.75, 3.05) is 6.54 Å². The maximum absolute atomic E-state index is 3.88. The fourth-order valence-electron chi connectivity index (χ4n) is 3.70. The molecule has 1 saturated carbocycles. The molecule has 100 valence electrons. The molecule has 0 bridgehead atoms. The van der Waals surface area contributed by atoms with Crippen molar-refractivity contribution in [2.24, 2.45) is 5.92 Å². The maximum atomic E-state index is 3.88. The van der Waals surface area contributed by atoms with Crippen LogP contribution in [-0.4, -0.2) is 18.6 Å². The highest BCUT2D eigenvalue weighted by Crippen LogP contribution is 2.33. The lowest BCUT2D eigenvalue weighted by atomic mass is 9.92. The van der Waals surface area contributed by atoms with E-state index in [1.165, 1.54) is 43.5 Å². The van der Waals surface area contributed by atoms with Crippen LogP contribution in [0.1, 0.15) is 49.9 Å². The largest absolute Gasteiger partial charge is 0.314 e. The van der Waals surface area contributed by atoms with Crippen molar-refractivity contribution in [3.05, 3.63) is 22.4 Å². The Morgan fingerprint density at radius 2 is 2.28 bits per heavy atom. The molecule has 4 atom stereocenters. The Hall–Kier alpha value is -0.380. The highest BCUT2D eigenvalue weighted by molar-refractivity contribution is 7.10. The lowest BCUT2D eigenvalue weighted by Gasteiger charge is -2.29. The molecule has 2 aliphatic rings. The van der Waals surface area contributed by atoms with E-state index in [0.717, 1.165) is 18.0 Å². The van der Waals surface area contributed by atoms with E-state index in [1.54, 1.807) is 0 Å². The van der Waals surface area contributed by atoms with Gasteiger partial charge in [0.2, 0.25) is 0 Å². The third kappa shape index (κ3) is 2.63. The van der Waals surface area contributed by atoms with Gasteiger partial charge < -0.3 is 10.6 Å². The Morgan fingerprint density at radius 3 is 3.00 bits per heavy atom. The molecule has 2 N–H and O–H groups in total. The van der Waals surface area contributed by atoms with Crippen LogP contribution in [0.2, 0.25) is 0 Å². The lowest BCUT2D eigenvalue weighted by molar-refractivity contribution is 0.304. The third-order valence-corrected chi connectivity index (χ3v) is 5.67. The molecule has 0 aromatic carbocycles. The molecule has 2 nitrogen and oxygen atoms in total. The summed E-state index contributed by atoms with van der Waals surface area (Å²) in [4.78, 5) is 1.47. The van der Waals surface area contributed by atoms with Crippen molar-refractivity contribution >= 4 is 11.3 Å². The number of rotatable bonds is 4. The van der Waals surface area contributed by atoms with Gasteiger partial charge in [-0.05, 0) is 56.5 Å². The van der Waals surface area contributed by atoms with E-state index in [4.69, 9.17) is 0 Å².